The molecule has 2 heterocycles. The Morgan fingerprint density at radius 3 is 2.59 bits per heavy atom. The number of aromatic nitrogens is 2. The summed E-state index contributed by atoms with van der Waals surface area (Å²) in [4.78, 5) is 4.93. The lowest BCUT2D eigenvalue weighted by molar-refractivity contribution is 0.148. The number of aryl methyl sites for hydroxylation is 2. The fraction of sp³-hybridized carbons (Fsp3) is 0.276. The second-order valence-electron chi connectivity index (χ2n) is 9.56. The lowest BCUT2D eigenvalue weighted by Crippen LogP contribution is -2.43. The zero-order valence-electron chi connectivity index (χ0n) is 20.3. The van der Waals surface area contributed by atoms with Gasteiger partial charge in [0.05, 0.1) is 11.2 Å². The minimum Gasteiger partial charge on any atom is -0.399 e. The Kier molecular flexibility index (Phi) is 6.22. The van der Waals surface area contributed by atoms with Crippen molar-refractivity contribution in [3.8, 4) is 11.1 Å². The highest BCUT2D eigenvalue weighted by Gasteiger charge is 2.14. The standard InChI is InChI=1S/C29H33N5/c1-20-15-24(18-25(30)16-20)26-8-10-28-29(21(26)2)27(31-32-28)9-7-22-5-4-6-23(17-22)19-34-13-11-33(3)12-14-34/h4-10,15-18H,11-14,19,30H2,1-3H3,(H,31,32)/b9-7+. The Hall–Kier alpha value is -3.41. The van der Waals surface area contributed by atoms with Crippen molar-refractivity contribution in [1.82, 2.24) is 20.0 Å². The van der Waals surface area contributed by atoms with Gasteiger partial charge in [-0.25, -0.2) is 0 Å². The van der Waals surface area contributed by atoms with E-state index in [1.807, 2.05) is 12.1 Å². The fourth-order valence-electron chi connectivity index (χ4n) is 4.95. The largest absolute Gasteiger partial charge is 0.399 e. The number of nitrogens with one attached hydrogen (secondary N) is 1. The molecule has 0 unspecified atom stereocenters. The number of nitrogens with zero attached hydrogens (tertiary/aromatic N) is 3. The first-order valence-corrected chi connectivity index (χ1v) is 12.0. The van der Waals surface area contributed by atoms with Crippen LogP contribution in [0.1, 0.15) is 27.9 Å². The third-order valence-electron chi connectivity index (χ3n) is 6.82. The molecule has 0 radical (unpaired) electrons. The average molecular weight is 452 g/mol. The van der Waals surface area contributed by atoms with E-state index in [1.54, 1.807) is 0 Å². The maximum absolute atomic E-state index is 6.12. The van der Waals surface area contributed by atoms with Crippen molar-refractivity contribution in [2.75, 3.05) is 39.0 Å². The van der Waals surface area contributed by atoms with E-state index in [1.165, 1.54) is 27.8 Å². The summed E-state index contributed by atoms with van der Waals surface area (Å²) in [6.45, 7) is 9.79. The van der Waals surface area contributed by atoms with Gasteiger partial charge in [0.1, 0.15) is 0 Å². The molecule has 0 atom stereocenters. The number of rotatable bonds is 5. The summed E-state index contributed by atoms with van der Waals surface area (Å²) >= 11 is 0. The summed E-state index contributed by atoms with van der Waals surface area (Å²) in [6.07, 6.45) is 4.29. The number of likely N-dealkylation sites (N-methyl/N-ethyl adjacent to an activating group) is 1. The van der Waals surface area contributed by atoms with Crippen LogP contribution in [0, 0.1) is 13.8 Å². The van der Waals surface area contributed by atoms with Crippen molar-refractivity contribution in [1.29, 1.82) is 0 Å². The van der Waals surface area contributed by atoms with Crippen molar-refractivity contribution < 1.29 is 0 Å². The second kappa shape index (κ2) is 9.45. The highest BCUT2D eigenvalue weighted by Crippen LogP contribution is 2.33. The highest BCUT2D eigenvalue weighted by atomic mass is 15.2. The first-order chi connectivity index (χ1) is 16.5. The van der Waals surface area contributed by atoms with Gasteiger partial charge in [-0.15, -0.1) is 0 Å². The van der Waals surface area contributed by atoms with E-state index in [4.69, 9.17) is 5.73 Å². The van der Waals surface area contributed by atoms with Crippen molar-refractivity contribution in [2.24, 2.45) is 0 Å². The monoisotopic (exact) mass is 451 g/mol. The average Bonchev–Trinajstić information content (AvgIpc) is 3.23. The summed E-state index contributed by atoms with van der Waals surface area (Å²) in [6, 6.07) is 19.3. The smallest absolute Gasteiger partial charge is 0.0930 e. The van der Waals surface area contributed by atoms with Crippen LogP contribution in [0.3, 0.4) is 0 Å². The number of H-pyrrole nitrogens is 1. The molecule has 0 aliphatic carbocycles. The van der Waals surface area contributed by atoms with E-state index < -0.39 is 0 Å². The molecule has 0 amide bonds. The van der Waals surface area contributed by atoms with Crippen molar-refractivity contribution in [3.63, 3.8) is 0 Å². The molecule has 34 heavy (non-hydrogen) atoms. The maximum Gasteiger partial charge on any atom is 0.0930 e. The lowest BCUT2D eigenvalue weighted by Gasteiger charge is -2.32. The molecule has 1 fully saturated rings. The number of piperazine rings is 1. The molecule has 0 spiro atoms. The van der Waals surface area contributed by atoms with E-state index in [9.17, 15) is 0 Å². The summed E-state index contributed by atoms with van der Waals surface area (Å²) in [5.41, 5.74) is 16.2. The van der Waals surface area contributed by atoms with Crippen LogP contribution in [0.25, 0.3) is 34.2 Å². The number of nitrogen functional groups attached to an aromatic ring is 1. The number of aromatic amines is 1. The van der Waals surface area contributed by atoms with Crippen LogP contribution < -0.4 is 5.73 Å². The van der Waals surface area contributed by atoms with Gasteiger partial charge in [-0.05, 0) is 78.6 Å². The lowest BCUT2D eigenvalue weighted by atomic mass is 9.95. The molecule has 1 aromatic heterocycles. The van der Waals surface area contributed by atoms with E-state index in [-0.39, 0.29) is 0 Å². The van der Waals surface area contributed by atoms with Gasteiger partial charge in [-0.1, -0.05) is 42.5 Å². The molecule has 1 aliphatic heterocycles. The van der Waals surface area contributed by atoms with Crippen molar-refractivity contribution >= 4 is 28.7 Å². The first kappa shape index (κ1) is 22.4. The topological polar surface area (TPSA) is 61.2 Å². The zero-order chi connectivity index (χ0) is 23.7. The van der Waals surface area contributed by atoms with Gasteiger partial charge < -0.3 is 10.6 Å². The zero-order valence-corrected chi connectivity index (χ0v) is 20.3. The molecule has 5 rings (SSSR count). The third kappa shape index (κ3) is 4.76. The number of hydrogen-bond acceptors (Lipinski definition) is 4. The van der Waals surface area contributed by atoms with Crippen LogP contribution in [0.2, 0.25) is 0 Å². The van der Waals surface area contributed by atoms with E-state index in [0.29, 0.717) is 0 Å². The third-order valence-corrected chi connectivity index (χ3v) is 6.82. The van der Waals surface area contributed by atoms with Gasteiger partial charge in [0, 0.05) is 43.8 Å². The quantitative estimate of drug-likeness (QED) is 0.402. The number of anilines is 1. The van der Waals surface area contributed by atoms with Crippen LogP contribution in [0.5, 0.6) is 0 Å². The predicted molar refractivity (Wildman–Crippen MR) is 144 cm³/mol. The molecule has 3 N–H and O–H groups in total. The van der Waals surface area contributed by atoms with Gasteiger partial charge in [0.25, 0.3) is 0 Å². The Morgan fingerprint density at radius 1 is 0.971 bits per heavy atom. The van der Waals surface area contributed by atoms with Gasteiger partial charge in [-0.3, -0.25) is 10.00 Å². The summed E-state index contributed by atoms with van der Waals surface area (Å²) in [5.74, 6) is 0. The molecule has 3 aromatic carbocycles. The number of fused-ring (bicyclic) bond motifs is 1. The molecule has 1 saturated heterocycles. The minimum atomic E-state index is 0.790. The predicted octanol–water partition coefficient (Wildman–Crippen LogP) is 5.35. The molecule has 1 aliphatic rings. The summed E-state index contributed by atoms with van der Waals surface area (Å²) < 4.78 is 0. The van der Waals surface area contributed by atoms with E-state index >= 15 is 0 Å². The number of benzene rings is 3. The number of hydrogen-bond donors (Lipinski definition) is 2. The van der Waals surface area contributed by atoms with Crippen LogP contribution in [-0.4, -0.2) is 53.2 Å². The Bertz CT molecular complexity index is 1320. The van der Waals surface area contributed by atoms with E-state index in [2.05, 4.69) is 95.5 Å². The fourth-order valence-corrected chi connectivity index (χ4v) is 4.95. The van der Waals surface area contributed by atoms with Crippen molar-refractivity contribution in [3.05, 3.63) is 82.5 Å². The maximum atomic E-state index is 6.12. The van der Waals surface area contributed by atoms with Crippen LogP contribution in [-0.2, 0) is 6.54 Å². The molecule has 0 saturated carbocycles. The Morgan fingerprint density at radius 2 is 1.79 bits per heavy atom. The minimum absolute atomic E-state index is 0.790. The second-order valence-corrected chi connectivity index (χ2v) is 9.56. The normalized spacial score (nSPS) is 15.5. The molecular formula is C29H33N5. The molecular weight excluding hydrogens is 418 g/mol. The van der Waals surface area contributed by atoms with Crippen molar-refractivity contribution in [2.45, 2.75) is 20.4 Å². The van der Waals surface area contributed by atoms with Gasteiger partial charge >= 0.3 is 0 Å². The van der Waals surface area contributed by atoms with Gasteiger partial charge in [0.2, 0.25) is 0 Å². The number of nitrogens with two attached hydrogens (primary N) is 1. The van der Waals surface area contributed by atoms with Gasteiger partial charge in [-0.2, -0.15) is 5.10 Å². The molecule has 174 valence electrons. The Labute approximate surface area is 201 Å². The van der Waals surface area contributed by atoms with Crippen LogP contribution >= 0.6 is 0 Å². The summed E-state index contributed by atoms with van der Waals surface area (Å²) in [7, 11) is 2.20. The molecule has 5 nitrogen and oxygen atoms in total. The summed E-state index contributed by atoms with van der Waals surface area (Å²) in [5, 5.41) is 8.97. The molecule has 0 bridgehead atoms. The van der Waals surface area contributed by atoms with E-state index in [0.717, 1.165) is 60.6 Å². The Balaban J connectivity index is 1.41. The first-order valence-electron chi connectivity index (χ1n) is 12.0. The van der Waals surface area contributed by atoms with Crippen LogP contribution in [0.4, 0.5) is 5.69 Å². The molecule has 4 aromatic rings. The molecule has 5 heteroatoms. The van der Waals surface area contributed by atoms with Crippen LogP contribution in [0.15, 0.2) is 54.6 Å². The SMILES string of the molecule is Cc1cc(N)cc(-c2ccc3[nH]nc(/C=C/c4cccc(CN5CCN(C)CC5)c4)c3c2C)c1. The highest BCUT2D eigenvalue weighted by molar-refractivity contribution is 5.96. The van der Waals surface area contributed by atoms with Gasteiger partial charge in [0.15, 0.2) is 0 Å².